The quantitative estimate of drug-likeness (QED) is 0.262. The molecule has 0 saturated carbocycles. The molecule has 0 nitrogen and oxygen atoms in total. The molecular weight excluding hydrogens is 283 g/mol. The van der Waals surface area contributed by atoms with E-state index in [1.54, 1.807) is 0 Å². The minimum absolute atomic E-state index is 0.215. The van der Waals surface area contributed by atoms with E-state index in [-0.39, 0.29) is 6.42 Å². The van der Waals surface area contributed by atoms with Gasteiger partial charge in [-0.1, -0.05) is 26.2 Å². The van der Waals surface area contributed by atoms with Crippen LogP contribution in [0.5, 0.6) is 0 Å². The van der Waals surface area contributed by atoms with Gasteiger partial charge < -0.3 is 0 Å². The van der Waals surface area contributed by atoms with Gasteiger partial charge in [0.25, 0.3) is 7.42 Å². The summed E-state index contributed by atoms with van der Waals surface area (Å²) in [7, 11) is -2.27. The summed E-state index contributed by atoms with van der Waals surface area (Å²) < 4.78 is 51.2. The molecular formula is C9H15Cl2F4Si. The standard InChI is InChI=1S/C9H15Cl2F4Si/c1-2-3-4-5-6-8(12,7-16(10)11)9(13,14)15/h2-7H2,1H3. The minimum Gasteiger partial charge on any atom is -0.234 e. The van der Waals surface area contributed by atoms with E-state index in [4.69, 9.17) is 22.2 Å². The van der Waals surface area contributed by atoms with Gasteiger partial charge in [-0.05, 0) is 12.8 Å². The molecule has 0 aromatic carbocycles. The smallest absolute Gasteiger partial charge is 0.234 e. The van der Waals surface area contributed by atoms with Crippen LogP contribution in [0.2, 0.25) is 6.04 Å². The van der Waals surface area contributed by atoms with Crippen LogP contribution in [0, 0.1) is 0 Å². The third-order valence-electron chi connectivity index (χ3n) is 2.35. The molecule has 0 N–H and O–H groups in total. The molecule has 0 rings (SSSR count). The molecule has 97 valence electrons. The number of halogens is 6. The molecule has 0 aliphatic heterocycles. The summed E-state index contributed by atoms with van der Waals surface area (Å²) in [5.74, 6) is 0. The lowest BCUT2D eigenvalue weighted by Crippen LogP contribution is -2.42. The van der Waals surface area contributed by atoms with Crippen LogP contribution in [0.3, 0.4) is 0 Å². The molecule has 0 aromatic rings. The van der Waals surface area contributed by atoms with Crippen molar-refractivity contribution in [2.45, 2.75) is 56.9 Å². The zero-order chi connectivity index (χ0) is 12.8. The van der Waals surface area contributed by atoms with Crippen molar-refractivity contribution in [3.05, 3.63) is 0 Å². The Kier molecular flexibility index (Phi) is 7.29. The van der Waals surface area contributed by atoms with E-state index in [0.29, 0.717) is 6.42 Å². The first kappa shape index (κ1) is 16.5. The molecule has 0 spiro atoms. The van der Waals surface area contributed by atoms with Gasteiger partial charge in [-0.2, -0.15) is 13.2 Å². The van der Waals surface area contributed by atoms with E-state index in [9.17, 15) is 17.6 Å². The van der Waals surface area contributed by atoms with E-state index in [0.717, 1.165) is 12.8 Å². The van der Waals surface area contributed by atoms with Gasteiger partial charge in [-0.15, -0.1) is 22.2 Å². The first-order valence-corrected chi connectivity index (χ1v) is 8.88. The Morgan fingerprint density at radius 2 is 1.56 bits per heavy atom. The SMILES string of the molecule is CCCCCCC(F)(C[Si](Cl)Cl)C(F)(F)F. The average molecular weight is 298 g/mol. The van der Waals surface area contributed by atoms with E-state index in [1.165, 1.54) is 0 Å². The maximum absolute atomic E-state index is 13.7. The molecule has 0 fully saturated rings. The third-order valence-corrected chi connectivity index (χ3v) is 3.98. The van der Waals surface area contributed by atoms with Crippen LogP contribution < -0.4 is 0 Å². The first-order valence-electron chi connectivity index (χ1n) is 5.15. The summed E-state index contributed by atoms with van der Waals surface area (Å²) in [6.07, 6.45) is -2.89. The van der Waals surface area contributed by atoms with Crippen LogP contribution >= 0.6 is 22.2 Å². The summed E-state index contributed by atoms with van der Waals surface area (Å²) in [6, 6.07) is -0.795. The third kappa shape index (κ3) is 5.73. The molecule has 0 saturated heterocycles. The fourth-order valence-corrected chi connectivity index (χ4v) is 3.45. The van der Waals surface area contributed by atoms with Crippen LogP contribution in [-0.4, -0.2) is 19.3 Å². The van der Waals surface area contributed by atoms with Crippen molar-refractivity contribution in [2.75, 3.05) is 0 Å². The summed E-state index contributed by atoms with van der Waals surface area (Å²) in [4.78, 5) is 0. The van der Waals surface area contributed by atoms with Crippen LogP contribution in [0.25, 0.3) is 0 Å². The van der Waals surface area contributed by atoms with Crippen molar-refractivity contribution in [3.63, 3.8) is 0 Å². The average Bonchev–Trinajstić information content (AvgIpc) is 2.09. The molecule has 0 aromatic heterocycles. The maximum Gasteiger partial charge on any atom is 0.422 e. The lowest BCUT2D eigenvalue weighted by atomic mass is 9.99. The molecule has 0 bridgehead atoms. The van der Waals surface area contributed by atoms with Crippen molar-refractivity contribution >= 4 is 29.6 Å². The van der Waals surface area contributed by atoms with E-state index >= 15 is 0 Å². The Morgan fingerprint density at radius 1 is 1.00 bits per heavy atom. The van der Waals surface area contributed by atoms with Crippen LogP contribution in [0.15, 0.2) is 0 Å². The van der Waals surface area contributed by atoms with Crippen molar-refractivity contribution < 1.29 is 17.6 Å². The van der Waals surface area contributed by atoms with E-state index in [2.05, 4.69) is 0 Å². The van der Waals surface area contributed by atoms with E-state index in [1.807, 2.05) is 6.92 Å². The monoisotopic (exact) mass is 297 g/mol. The van der Waals surface area contributed by atoms with Gasteiger partial charge in [0.1, 0.15) is 0 Å². The topological polar surface area (TPSA) is 0 Å². The Morgan fingerprint density at radius 3 is 1.94 bits per heavy atom. The van der Waals surface area contributed by atoms with Gasteiger partial charge in [0.15, 0.2) is 0 Å². The van der Waals surface area contributed by atoms with Gasteiger partial charge in [-0.3, -0.25) is 0 Å². The molecule has 1 unspecified atom stereocenters. The normalized spacial score (nSPS) is 16.5. The van der Waals surface area contributed by atoms with Gasteiger partial charge in [0.2, 0.25) is 5.67 Å². The minimum atomic E-state index is -4.88. The fourth-order valence-electron chi connectivity index (χ4n) is 1.37. The van der Waals surface area contributed by atoms with Crippen LogP contribution in [-0.2, 0) is 0 Å². The lowest BCUT2D eigenvalue weighted by Gasteiger charge is -2.27. The number of unbranched alkanes of at least 4 members (excludes halogenated alkanes) is 3. The highest BCUT2D eigenvalue weighted by atomic mass is 35.7. The van der Waals surface area contributed by atoms with Crippen molar-refractivity contribution in [2.24, 2.45) is 0 Å². The van der Waals surface area contributed by atoms with Crippen molar-refractivity contribution in [1.82, 2.24) is 0 Å². The second kappa shape index (κ2) is 7.06. The van der Waals surface area contributed by atoms with E-state index < -0.39 is 31.7 Å². The Bertz CT molecular complexity index is 198. The van der Waals surface area contributed by atoms with Crippen LogP contribution in [0.1, 0.15) is 39.0 Å². The van der Waals surface area contributed by atoms with Gasteiger partial charge >= 0.3 is 6.18 Å². The molecule has 16 heavy (non-hydrogen) atoms. The van der Waals surface area contributed by atoms with Gasteiger partial charge in [0, 0.05) is 6.04 Å². The highest BCUT2D eigenvalue weighted by Crippen LogP contribution is 2.42. The summed E-state index contributed by atoms with van der Waals surface area (Å²) in [5.41, 5.74) is -3.21. The lowest BCUT2D eigenvalue weighted by molar-refractivity contribution is -0.225. The zero-order valence-corrected chi connectivity index (χ0v) is 11.5. The largest absolute Gasteiger partial charge is 0.422 e. The predicted octanol–water partition coefficient (Wildman–Crippen LogP) is 5.19. The maximum atomic E-state index is 13.7. The highest BCUT2D eigenvalue weighted by molar-refractivity contribution is 7.33. The number of hydrogen-bond donors (Lipinski definition) is 0. The molecule has 0 heterocycles. The zero-order valence-electron chi connectivity index (χ0n) is 9.01. The first-order chi connectivity index (χ1) is 7.23. The van der Waals surface area contributed by atoms with Crippen LogP contribution in [0.4, 0.5) is 17.6 Å². The molecule has 0 aliphatic carbocycles. The Hall–Kier alpha value is 0.517. The van der Waals surface area contributed by atoms with Gasteiger partial charge in [-0.25, -0.2) is 4.39 Å². The van der Waals surface area contributed by atoms with Crippen molar-refractivity contribution in [3.8, 4) is 0 Å². The number of hydrogen-bond acceptors (Lipinski definition) is 0. The molecule has 0 aliphatic rings. The predicted molar refractivity (Wildman–Crippen MR) is 60.9 cm³/mol. The number of alkyl halides is 4. The second-order valence-corrected chi connectivity index (χ2v) is 8.14. The fraction of sp³-hybridized carbons (Fsp3) is 1.00. The summed E-state index contributed by atoms with van der Waals surface area (Å²) in [6.45, 7) is 1.94. The second-order valence-electron chi connectivity index (χ2n) is 3.79. The number of rotatable bonds is 7. The molecule has 0 amide bonds. The van der Waals surface area contributed by atoms with Crippen molar-refractivity contribution in [1.29, 1.82) is 0 Å². The summed E-state index contributed by atoms with van der Waals surface area (Å²) in [5, 5.41) is 0. The Labute approximate surface area is 104 Å². The van der Waals surface area contributed by atoms with Gasteiger partial charge in [0.05, 0.1) is 0 Å². The summed E-state index contributed by atoms with van der Waals surface area (Å²) >= 11 is 10.7. The molecule has 1 atom stereocenters. The molecule has 1 radical (unpaired) electrons. The molecule has 7 heteroatoms. The highest BCUT2D eigenvalue weighted by Gasteiger charge is 2.56. The Balaban J connectivity index is 4.32.